The number of aromatic amines is 1. The number of hydrogen-bond donors (Lipinski definition) is 3. The summed E-state index contributed by atoms with van der Waals surface area (Å²) < 4.78 is 0. The van der Waals surface area contributed by atoms with E-state index in [9.17, 15) is 9.90 Å². The first-order valence-corrected chi connectivity index (χ1v) is 8.81. The molecule has 0 spiro atoms. The fourth-order valence-corrected chi connectivity index (χ4v) is 3.50. The molecule has 0 amide bonds. The number of fused-ring (bicyclic) bond motifs is 1. The Morgan fingerprint density at radius 2 is 1.96 bits per heavy atom. The molecule has 0 atom stereocenters. The van der Waals surface area contributed by atoms with E-state index in [1.54, 1.807) is 18.2 Å². The second kappa shape index (κ2) is 7.48. The molecule has 3 rings (SSSR count). The Balaban J connectivity index is 2.28. The number of aryl methyl sites for hydroxylation is 1. The molecule has 0 saturated carbocycles. The smallest absolute Gasteiger partial charge is 0.336 e. The summed E-state index contributed by atoms with van der Waals surface area (Å²) in [6.45, 7) is 0.599. The van der Waals surface area contributed by atoms with Gasteiger partial charge in [0.15, 0.2) is 0 Å². The molecule has 6 heteroatoms. The second-order valence-corrected chi connectivity index (χ2v) is 6.73. The summed E-state index contributed by atoms with van der Waals surface area (Å²) in [5.74, 6) is -0.974. The summed E-state index contributed by atoms with van der Waals surface area (Å²) in [5.41, 5.74) is 9.18. The molecule has 4 nitrogen and oxygen atoms in total. The lowest BCUT2D eigenvalue weighted by Crippen LogP contribution is -2.01. The number of carboxylic acid groups (broad SMARTS) is 1. The molecule has 0 radical (unpaired) electrons. The number of hydrogen-bond acceptors (Lipinski definition) is 2. The van der Waals surface area contributed by atoms with Gasteiger partial charge < -0.3 is 15.8 Å². The molecule has 130 valence electrons. The van der Waals surface area contributed by atoms with Gasteiger partial charge in [0.1, 0.15) is 0 Å². The number of benzene rings is 2. The van der Waals surface area contributed by atoms with Gasteiger partial charge in [-0.25, -0.2) is 4.79 Å². The number of aromatic nitrogens is 1. The number of carbonyl (C=O) groups is 1. The largest absolute Gasteiger partial charge is 0.478 e. The van der Waals surface area contributed by atoms with Crippen LogP contribution in [0.15, 0.2) is 36.4 Å². The third-order valence-corrected chi connectivity index (χ3v) is 4.78. The van der Waals surface area contributed by atoms with Gasteiger partial charge in [0.05, 0.1) is 16.1 Å². The standard InChI is InChI=1S/C19H18Cl2N2O2/c20-12-5-3-4-11(10-12)17-13(6-1-2-9-22)16-14(19(24)25)7-8-15(21)18(16)23-17/h3-5,7-8,10,23H,1-2,6,9,22H2,(H,24,25). The molecular weight excluding hydrogens is 359 g/mol. The van der Waals surface area contributed by atoms with E-state index in [1.165, 1.54) is 0 Å². The summed E-state index contributed by atoms with van der Waals surface area (Å²) in [5, 5.41) is 11.4. The monoisotopic (exact) mass is 376 g/mol. The molecule has 25 heavy (non-hydrogen) atoms. The Bertz CT molecular complexity index is 935. The fourth-order valence-electron chi connectivity index (χ4n) is 3.10. The molecule has 1 heterocycles. The van der Waals surface area contributed by atoms with Crippen molar-refractivity contribution in [1.82, 2.24) is 4.98 Å². The van der Waals surface area contributed by atoms with Gasteiger partial charge in [-0.15, -0.1) is 0 Å². The zero-order chi connectivity index (χ0) is 18.0. The predicted octanol–water partition coefficient (Wildman–Crippen LogP) is 5.12. The summed E-state index contributed by atoms with van der Waals surface area (Å²) in [6, 6.07) is 10.6. The number of H-pyrrole nitrogens is 1. The maximum Gasteiger partial charge on any atom is 0.336 e. The number of rotatable bonds is 6. The van der Waals surface area contributed by atoms with E-state index in [1.807, 2.05) is 18.2 Å². The van der Waals surface area contributed by atoms with Crippen LogP contribution in [0.4, 0.5) is 0 Å². The Hall–Kier alpha value is -2.01. The van der Waals surface area contributed by atoms with Crippen molar-refractivity contribution in [3.63, 3.8) is 0 Å². The van der Waals surface area contributed by atoms with Gasteiger partial charge in [0.2, 0.25) is 0 Å². The van der Waals surface area contributed by atoms with E-state index >= 15 is 0 Å². The van der Waals surface area contributed by atoms with E-state index in [-0.39, 0.29) is 5.56 Å². The molecule has 0 aliphatic carbocycles. The summed E-state index contributed by atoms with van der Waals surface area (Å²) in [6.07, 6.45) is 2.44. The second-order valence-electron chi connectivity index (χ2n) is 5.88. The van der Waals surface area contributed by atoms with Crippen LogP contribution in [0.5, 0.6) is 0 Å². The number of carboxylic acids is 1. The van der Waals surface area contributed by atoms with Crippen molar-refractivity contribution in [3.05, 3.63) is 57.6 Å². The molecule has 3 aromatic rings. The van der Waals surface area contributed by atoms with E-state index < -0.39 is 5.97 Å². The first-order chi connectivity index (χ1) is 12.0. The molecule has 2 aromatic carbocycles. The number of nitrogens with one attached hydrogen (secondary N) is 1. The third-order valence-electron chi connectivity index (χ3n) is 4.23. The normalized spacial score (nSPS) is 11.2. The van der Waals surface area contributed by atoms with Crippen LogP contribution >= 0.6 is 23.2 Å². The number of unbranched alkanes of at least 4 members (excludes halogenated alkanes) is 1. The van der Waals surface area contributed by atoms with Crippen molar-refractivity contribution in [1.29, 1.82) is 0 Å². The van der Waals surface area contributed by atoms with Crippen LogP contribution in [0.25, 0.3) is 22.2 Å². The number of nitrogens with two attached hydrogens (primary N) is 1. The van der Waals surface area contributed by atoms with Crippen molar-refractivity contribution in [2.75, 3.05) is 6.54 Å². The molecule has 1 aromatic heterocycles. The van der Waals surface area contributed by atoms with E-state index in [0.29, 0.717) is 33.9 Å². The maximum absolute atomic E-state index is 11.7. The first-order valence-electron chi connectivity index (χ1n) is 8.05. The quantitative estimate of drug-likeness (QED) is 0.522. The maximum atomic E-state index is 11.7. The molecule has 0 saturated heterocycles. The zero-order valence-electron chi connectivity index (χ0n) is 13.5. The number of halogens is 2. The summed E-state index contributed by atoms with van der Waals surface area (Å²) >= 11 is 12.5. The van der Waals surface area contributed by atoms with Gasteiger partial charge in [-0.1, -0.05) is 35.3 Å². The van der Waals surface area contributed by atoms with Gasteiger partial charge >= 0.3 is 5.97 Å². The fraction of sp³-hybridized carbons (Fsp3) is 0.211. The van der Waals surface area contributed by atoms with Gasteiger partial charge in [-0.3, -0.25) is 0 Å². The van der Waals surface area contributed by atoms with Crippen LogP contribution in [0.3, 0.4) is 0 Å². The molecule has 0 aliphatic heterocycles. The summed E-state index contributed by atoms with van der Waals surface area (Å²) in [7, 11) is 0. The van der Waals surface area contributed by atoms with Gasteiger partial charge in [-0.2, -0.15) is 0 Å². The zero-order valence-corrected chi connectivity index (χ0v) is 15.0. The van der Waals surface area contributed by atoms with Gasteiger partial charge in [0, 0.05) is 16.1 Å². The minimum absolute atomic E-state index is 0.242. The molecule has 4 N–H and O–H groups in total. The van der Waals surface area contributed by atoms with Crippen molar-refractivity contribution >= 4 is 40.1 Å². The van der Waals surface area contributed by atoms with E-state index in [4.69, 9.17) is 28.9 Å². The molecule has 0 unspecified atom stereocenters. The number of aromatic carboxylic acids is 1. The van der Waals surface area contributed by atoms with Crippen molar-refractivity contribution < 1.29 is 9.90 Å². The predicted molar refractivity (Wildman–Crippen MR) is 103 cm³/mol. The van der Waals surface area contributed by atoms with Crippen LogP contribution in [-0.2, 0) is 6.42 Å². The van der Waals surface area contributed by atoms with Crippen LogP contribution in [0, 0.1) is 0 Å². The topological polar surface area (TPSA) is 79.1 Å². The SMILES string of the molecule is NCCCCc1c(-c2cccc(Cl)c2)[nH]c2c(Cl)ccc(C(=O)O)c12. The lowest BCUT2D eigenvalue weighted by atomic mass is 9.97. The summed E-state index contributed by atoms with van der Waals surface area (Å²) in [4.78, 5) is 15.0. The molecule has 0 bridgehead atoms. The average molecular weight is 377 g/mol. The highest BCUT2D eigenvalue weighted by Gasteiger charge is 2.20. The van der Waals surface area contributed by atoms with Crippen LogP contribution in [0.2, 0.25) is 10.0 Å². The van der Waals surface area contributed by atoms with Crippen LogP contribution in [0.1, 0.15) is 28.8 Å². The van der Waals surface area contributed by atoms with Gasteiger partial charge in [-0.05, 0) is 61.2 Å². The minimum atomic E-state index is -0.974. The molecule has 0 aliphatic rings. The van der Waals surface area contributed by atoms with Crippen molar-refractivity contribution in [2.24, 2.45) is 5.73 Å². The lowest BCUT2D eigenvalue weighted by molar-refractivity contribution is 0.0699. The highest BCUT2D eigenvalue weighted by Crippen LogP contribution is 2.37. The Kier molecular flexibility index (Phi) is 5.33. The molecule has 0 fully saturated rings. The highest BCUT2D eigenvalue weighted by molar-refractivity contribution is 6.36. The van der Waals surface area contributed by atoms with E-state index in [2.05, 4.69) is 4.98 Å². The van der Waals surface area contributed by atoms with Crippen molar-refractivity contribution in [2.45, 2.75) is 19.3 Å². The minimum Gasteiger partial charge on any atom is -0.478 e. The Morgan fingerprint density at radius 1 is 1.16 bits per heavy atom. The first kappa shape index (κ1) is 17.8. The average Bonchev–Trinajstić information content (AvgIpc) is 2.96. The lowest BCUT2D eigenvalue weighted by Gasteiger charge is -2.07. The van der Waals surface area contributed by atoms with Gasteiger partial charge in [0.25, 0.3) is 0 Å². The van der Waals surface area contributed by atoms with Crippen molar-refractivity contribution in [3.8, 4) is 11.3 Å². The van der Waals surface area contributed by atoms with E-state index in [0.717, 1.165) is 29.7 Å². The molecular formula is C19H18Cl2N2O2. The Morgan fingerprint density at radius 3 is 2.64 bits per heavy atom. The van der Waals surface area contributed by atoms with Crippen LogP contribution < -0.4 is 5.73 Å². The Labute approximate surface area is 155 Å². The highest BCUT2D eigenvalue weighted by atomic mass is 35.5. The van der Waals surface area contributed by atoms with Crippen LogP contribution in [-0.4, -0.2) is 22.6 Å². The third kappa shape index (κ3) is 3.52.